The Morgan fingerprint density at radius 1 is 1.21 bits per heavy atom. The number of benzene rings is 2. The number of amides is 2. The van der Waals surface area contributed by atoms with E-state index >= 15 is 0 Å². The van der Waals surface area contributed by atoms with Gasteiger partial charge in [-0.2, -0.15) is 0 Å². The molecule has 3 heterocycles. The van der Waals surface area contributed by atoms with Crippen LogP contribution in [0.1, 0.15) is 12.0 Å². The molecular formula is C20H16N6O2S. The third-order valence-electron chi connectivity index (χ3n) is 4.76. The van der Waals surface area contributed by atoms with Gasteiger partial charge < -0.3 is 10.6 Å². The zero-order chi connectivity index (χ0) is 19.8. The van der Waals surface area contributed by atoms with E-state index in [2.05, 4.69) is 25.9 Å². The number of para-hydroxylation sites is 1. The van der Waals surface area contributed by atoms with E-state index in [0.717, 1.165) is 33.5 Å². The van der Waals surface area contributed by atoms with Crippen LogP contribution in [0.15, 0.2) is 47.8 Å². The van der Waals surface area contributed by atoms with Gasteiger partial charge in [-0.3, -0.25) is 9.59 Å². The number of aromatic nitrogens is 4. The van der Waals surface area contributed by atoms with Crippen molar-refractivity contribution in [3.8, 4) is 11.3 Å². The Morgan fingerprint density at radius 2 is 2.10 bits per heavy atom. The van der Waals surface area contributed by atoms with E-state index in [4.69, 9.17) is 0 Å². The van der Waals surface area contributed by atoms with Crippen LogP contribution in [0.2, 0.25) is 0 Å². The molecule has 0 spiro atoms. The van der Waals surface area contributed by atoms with Crippen LogP contribution < -0.4 is 10.6 Å². The van der Waals surface area contributed by atoms with Gasteiger partial charge in [0.25, 0.3) is 0 Å². The lowest BCUT2D eigenvalue weighted by Crippen LogP contribution is -2.19. The first-order valence-electron chi connectivity index (χ1n) is 9.12. The molecule has 2 amide bonds. The van der Waals surface area contributed by atoms with Gasteiger partial charge in [0.15, 0.2) is 5.13 Å². The summed E-state index contributed by atoms with van der Waals surface area (Å²) in [6.45, 7) is 0.0635. The summed E-state index contributed by atoms with van der Waals surface area (Å²) in [7, 11) is 0. The van der Waals surface area contributed by atoms with Gasteiger partial charge in [-0.25, -0.2) is 9.67 Å². The normalized spacial score (nSPS) is 13.2. The Labute approximate surface area is 169 Å². The molecule has 0 saturated carbocycles. The molecule has 0 atom stereocenters. The van der Waals surface area contributed by atoms with E-state index in [1.807, 2.05) is 47.8 Å². The van der Waals surface area contributed by atoms with Gasteiger partial charge in [0, 0.05) is 23.1 Å². The topological polar surface area (TPSA) is 102 Å². The maximum absolute atomic E-state index is 12.4. The summed E-state index contributed by atoms with van der Waals surface area (Å²) in [6.07, 6.45) is 1.21. The fourth-order valence-corrected chi connectivity index (χ4v) is 4.07. The molecule has 0 unspecified atom stereocenters. The highest BCUT2D eigenvalue weighted by molar-refractivity contribution is 7.14. The maximum Gasteiger partial charge on any atom is 0.247 e. The lowest BCUT2D eigenvalue weighted by molar-refractivity contribution is -0.117. The number of rotatable bonds is 4. The molecule has 2 aromatic carbocycles. The molecule has 8 nitrogen and oxygen atoms in total. The van der Waals surface area contributed by atoms with Crippen molar-refractivity contribution in [3.05, 3.63) is 53.4 Å². The van der Waals surface area contributed by atoms with Crippen molar-refractivity contribution in [1.29, 1.82) is 0 Å². The van der Waals surface area contributed by atoms with Crippen LogP contribution in [0, 0.1) is 0 Å². The molecule has 2 N–H and O–H groups in total. The number of hydrogen-bond acceptors (Lipinski definition) is 6. The fraction of sp³-hybridized carbons (Fsp3) is 0.150. The Hall–Kier alpha value is -3.59. The molecule has 5 rings (SSSR count). The quantitative estimate of drug-likeness (QED) is 0.544. The molecule has 2 aromatic heterocycles. The van der Waals surface area contributed by atoms with Gasteiger partial charge in [-0.1, -0.05) is 23.4 Å². The predicted molar refractivity (Wildman–Crippen MR) is 111 cm³/mol. The highest BCUT2D eigenvalue weighted by Gasteiger charge is 2.16. The lowest BCUT2D eigenvalue weighted by atomic mass is 9.99. The predicted octanol–water partition coefficient (Wildman–Crippen LogP) is 3.08. The van der Waals surface area contributed by atoms with Crippen LogP contribution in [0.5, 0.6) is 0 Å². The number of carbonyl (C=O) groups excluding carboxylic acids is 2. The number of nitrogens with zero attached hydrogens (tertiary/aromatic N) is 4. The van der Waals surface area contributed by atoms with Gasteiger partial charge in [-0.05, 0) is 36.2 Å². The largest absolute Gasteiger partial charge is 0.326 e. The van der Waals surface area contributed by atoms with Crippen LogP contribution in [-0.4, -0.2) is 31.8 Å². The van der Waals surface area contributed by atoms with E-state index in [1.165, 1.54) is 11.3 Å². The summed E-state index contributed by atoms with van der Waals surface area (Å²) in [4.78, 5) is 28.4. The monoisotopic (exact) mass is 404 g/mol. The third kappa shape index (κ3) is 3.47. The molecule has 1 aliphatic heterocycles. The summed E-state index contributed by atoms with van der Waals surface area (Å²) in [5.41, 5.74) is 5.26. The summed E-state index contributed by atoms with van der Waals surface area (Å²) in [6, 6.07) is 13.4. The maximum atomic E-state index is 12.4. The molecule has 0 fully saturated rings. The van der Waals surface area contributed by atoms with Gasteiger partial charge in [0.1, 0.15) is 12.1 Å². The first-order chi connectivity index (χ1) is 14.2. The van der Waals surface area contributed by atoms with Crippen molar-refractivity contribution in [2.75, 3.05) is 10.6 Å². The zero-order valence-electron chi connectivity index (χ0n) is 15.3. The number of anilines is 2. The van der Waals surface area contributed by atoms with Crippen molar-refractivity contribution in [3.63, 3.8) is 0 Å². The fourth-order valence-electron chi connectivity index (χ4n) is 3.34. The average Bonchev–Trinajstić information content (AvgIpc) is 3.35. The lowest BCUT2D eigenvalue weighted by Gasteiger charge is -2.17. The first kappa shape index (κ1) is 17.5. The highest BCUT2D eigenvalue weighted by Crippen LogP contribution is 2.30. The first-order valence-corrected chi connectivity index (χ1v) is 10.0. The molecular weight excluding hydrogens is 388 g/mol. The van der Waals surface area contributed by atoms with Crippen molar-refractivity contribution in [2.45, 2.75) is 19.4 Å². The SMILES string of the molecule is O=C(Cn1nnc2ccccc21)Nc1nc(-c2ccc3c(c2)CCC(=O)N3)cs1. The van der Waals surface area contributed by atoms with Gasteiger partial charge in [0.05, 0.1) is 11.2 Å². The van der Waals surface area contributed by atoms with Crippen molar-refractivity contribution in [2.24, 2.45) is 0 Å². The molecule has 29 heavy (non-hydrogen) atoms. The number of aryl methyl sites for hydroxylation is 1. The number of fused-ring (bicyclic) bond motifs is 2. The van der Waals surface area contributed by atoms with Gasteiger partial charge >= 0.3 is 0 Å². The third-order valence-corrected chi connectivity index (χ3v) is 5.52. The second kappa shape index (κ2) is 7.10. The Kier molecular flexibility index (Phi) is 4.28. The highest BCUT2D eigenvalue weighted by atomic mass is 32.1. The van der Waals surface area contributed by atoms with Gasteiger partial charge in [-0.15, -0.1) is 16.4 Å². The average molecular weight is 404 g/mol. The van der Waals surface area contributed by atoms with Gasteiger partial charge in [0.2, 0.25) is 11.8 Å². The number of carbonyl (C=O) groups is 2. The summed E-state index contributed by atoms with van der Waals surface area (Å²) in [5, 5.41) is 16.2. The molecule has 0 bridgehead atoms. The molecule has 144 valence electrons. The van der Waals surface area contributed by atoms with Crippen LogP contribution >= 0.6 is 11.3 Å². The Balaban J connectivity index is 1.30. The minimum atomic E-state index is -0.213. The second-order valence-electron chi connectivity index (χ2n) is 6.74. The molecule has 0 radical (unpaired) electrons. The molecule has 4 aromatic rings. The van der Waals surface area contributed by atoms with E-state index < -0.39 is 0 Å². The van der Waals surface area contributed by atoms with Crippen LogP contribution in [0.3, 0.4) is 0 Å². The van der Waals surface area contributed by atoms with E-state index in [1.54, 1.807) is 4.68 Å². The van der Waals surface area contributed by atoms with E-state index in [9.17, 15) is 9.59 Å². The van der Waals surface area contributed by atoms with Crippen LogP contribution in [0.25, 0.3) is 22.3 Å². The molecule has 9 heteroatoms. The van der Waals surface area contributed by atoms with E-state index in [0.29, 0.717) is 18.0 Å². The van der Waals surface area contributed by atoms with Crippen molar-refractivity contribution in [1.82, 2.24) is 20.0 Å². The van der Waals surface area contributed by atoms with Crippen molar-refractivity contribution < 1.29 is 9.59 Å². The molecule has 0 aliphatic carbocycles. The Morgan fingerprint density at radius 3 is 3.03 bits per heavy atom. The second-order valence-corrected chi connectivity index (χ2v) is 7.60. The molecule has 0 saturated heterocycles. The number of thiazole rings is 1. The summed E-state index contributed by atoms with van der Waals surface area (Å²) in [5.74, 6) is -0.168. The minimum absolute atomic E-state index is 0.0454. The van der Waals surface area contributed by atoms with Crippen LogP contribution in [-0.2, 0) is 22.6 Å². The minimum Gasteiger partial charge on any atom is -0.326 e. The summed E-state index contributed by atoms with van der Waals surface area (Å²) >= 11 is 1.37. The number of hydrogen-bond donors (Lipinski definition) is 2. The smallest absolute Gasteiger partial charge is 0.247 e. The van der Waals surface area contributed by atoms with Crippen LogP contribution in [0.4, 0.5) is 10.8 Å². The van der Waals surface area contributed by atoms with E-state index in [-0.39, 0.29) is 18.4 Å². The molecule has 1 aliphatic rings. The standard InChI is InChI=1S/C20H16N6O2S/c27-18-8-6-12-9-13(5-7-14(12)21-18)16-11-29-20(22-16)23-19(28)10-26-17-4-2-1-3-15(17)24-25-26/h1-5,7,9,11H,6,8,10H2,(H,21,27)(H,22,23,28). The summed E-state index contributed by atoms with van der Waals surface area (Å²) < 4.78 is 1.57. The zero-order valence-corrected chi connectivity index (χ0v) is 16.1. The van der Waals surface area contributed by atoms with Crippen molar-refractivity contribution >= 4 is 45.0 Å². The number of nitrogens with one attached hydrogen (secondary N) is 2. The Bertz CT molecular complexity index is 1240.